The van der Waals surface area contributed by atoms with E-state index in [4.69, 9.17) is 0 Å². The van der Waals surface area contributed by atoms with Gasteiger partial charge in [0.25, 0.3) is 10.0 Å². The summed E-state index contributed by atoms with van der Waals surface area (Å²) in [5.41, 5.74) is 0.480. The summed E-state index contributed by atoms with van der Waals surface area (Å²) in [6.07, 6.45) is 6.14. The molecule has 3 fully saturated rings. The smallest absolute Gasteiger partial charge is 0.335 e. The molecule has 5 rings (SSSR count). The van der Waals surface area contributed by atoms with Crippen molar-refractivity contribution in [1.82, 2.24) is 19.1 Å². The number of hydrogen-bond acceptors (Lipinski definition) is 7. The standard InChI is InChI=1S/C26H30N6O4S/c27-18-20-8-7-13-28-24(20)29-14-16-30(17-15-29)25(33)23-19-31(37(35,36)22-11-5-2-6-12-22)26(34)32(23)21-9-3-1-4-10-21/h2,5-8,11-13,21,23H,1,3-4,9-10,14-17,19H2. The van der Waals surface area contributed by atoms with Crippen molar-refractivity contribution >= 4 is 27.8 Å². The Kier molecular flexibility index (Phi) is 7.02. The zero-order chi connectivity index (χ0) is 26.0. The van der Waals surface area contributed by atoms with E-state index < -0.39 is 22.1 Å². The van der Waals surface area contributed by atoms with Crippen LogP contribution < -0.4 is 4.90 Å². The maximum atomic E-state index is 13.8. The molecule has 1 atom stereocenters. The molecule has 3 heterocycles. The minimum Gasteiger partial charge on any atom is -0.352 e. The number of carbonyl (C=O) groups excluding carboxylic acids is 2. The van der Waals surface area contributed by atoms with E-state index in [-0.39, 0.29) is 23.4 Å². The molecule has 2 saturated heterocycles. The zero-order valence-electron chi connectivity index (χ0n) is 20.6. The summed E-state index contributed by atoms with van der Waals surface area (Å²) in [6, 6.07) is 11.9. The van der Waals surface area contributed by atoms with Gasteiger partial charge in [-0.3, -0.25) is 4.79 Å². The minimum atomic E-state index is -4.08. The van der Waals surface area contributed by atoms with E-state index in [0.29, 0.717) is 37.6 Å². The van der Waals surface area contributed by atoms with Crippen LogP contribution >= 0.6 is 0 Å². The summed E-state index contributed by atoms with van der Waals surface area (Å²) in [5, 5.41) is 9.41. The molecular formula is C26H30N6O4S. The number of carbonyl (C=O) groups is 2. The highest BCUT2D eigenvalue weighted by atomic mass is 32.2. The number of rotatable bonds is 5. The third-order valence-corrected chi connectivity index (χ3v) is 9.24. The fraction of sp³-hybridized carbons (Fsp3) is 0.462. The number of benzene rings is 1. The first-order valence-corrected chi connectivity index (χ1v) is 14.1. The lowest BCUT2D eigenvalue weighted by atomic mass is 9.93. The van der Waals surface area contributed by atoms with Gasteiger partial charge in [0.15, 0.2) is 0 Å². The van der Waals surface area contributed by atoms with Gasteiger partial charge in [0.05, 0.1) is 17.0 Å². The number of piperazine rings is 1. The SMILES string of the molecule is N#Cc1cccnc1N1CCN(C(=O)C2CN(S(=O)(=O)c3ccccc3)C(=O)N2C2CCCCC2)CC1. The van der Waals surface area contributed by atoms with E-state index in [1.54, 1.807) is 46.3 Å². The van der Waals surface area contributed by atoms with Crippen LogP contribution in [0.25, 0.3) is 0 Å². The fourth-order valence-electron chi connectivity index (χ4n) is 5.56. The molecule has 0 N–H and O–H groups in total. The lowest BCUT2D eigenvalue weighted by Gasteiger charge is -2.39. The maximum absolute atomic E-state index is 13.8. The number of pyridine rings is 1. The van der Waals surface area contributed by atoms with Crippen molar-refractivity contribution in [1.29, 1.82) is 5.26 Å². The second-order valence-electron chi connectivity index (χ2n) is 9.65. The van der Waals surface area contributed by atoms with Gasteiger partial charge < -0.3 is 14.7 Å². The van der Waals surface area contributed by atoms with Gasteiger partial charge in [0.1, 0.15) is 17.9 Å². The Hall–Kier alpha value is -3.65. The highest BCUT2D eigenvalue weighted by molar-refractivity contribution is 7.89. The number of urea groups is 1. The molecule has 2 aliphatic heterocycles. The van der Waals surface area contributed by atoms with E-state index in [1.807, 2.05) is 4.90 Å². The second-order valence-corrected chi connectivity index (χ2v) is 11.5. The zero-order valence-corrected chi connectivity index (χ0v) is 21.4. The average molecular weight is 523 g/mol. The second kappa shape index (κ2) is 10.4. The minimum absolute atomic E-state index is 0.0392. The van der Waals surface area contributed by atoms with Gasteiger partial charge in [-0.1, -0.05) is 37.5 Å². The third kappa shape index (κ3) is 4.73. The van der Waals surface area contributed by atoms with E-state index in [2.05, 4.69) is 11.1 Å². The predicted octanol–water partition coefficient (Wildman–Crippen LogP) is 2.43. The number of aromatic nitrogens is 1. The molecule has 3 amide bonds. The van der Waals surface area contributed by atoms with Crippen molar-refractivity contribution in [2.24, 2.45) is 0 Å². The Bertz CT molecular complexity index is 1300. The molecule has 1 aliphatic carbocycles. The van der Waals surface area contributed by atoms with Crippen molar-refractivity contribution in [3.05, 3.63) is 54.2 Å². The fourth-order valence-corrected chi connectivity index (χ4v) is 6.95. The lowest BCUT2D eigenvalue weighted by Crippen LogP contribution is -2.56. The first-order valence-electron chi connectivity index (χ1n) is 12.7. The molecule has 2 aromatic rings. The van der Waals surface area contributed by atoms with Crippen LogP contribution in [0, 0.1) is 11.3 Å². The Morgan fingerprint density at radius 2 is 1.68 bits per heavy atom. The maximum Gasteiger partial charge on any atom is 0.335 e. The van der Waals surface area contributed by atoms with Crippen LogP contribution in [-0.2, 0) is 14.8 Å². The van der Waals surface area contributed by atoms with Gasteiger partial charge in [0.2, 0.25) is 5.91 Å². The number of nitriles is 1. The molecule has 0 bridgehead atoms. The Balaban J connectivity index is 1.37. The van der Waals surface area contributed by atoms with Crippen molar-refractivity contribution in [3.8, 4) is 6.07 Å². The Labute approximate surface area is 217 Å². The molecule has 11 heteroatoms. The topological polar surface area (TPSA) is 118 Å². The first-order chi connectivity index (χ1) is 17.9. The number of amides is 3. The summed E-state index contributed by atoms with van der Waals surface area (Å²) in [5.74, 6) is 0.364. The van der Waals surface area contributed by atoms with Gasteiger partial charge in [-0.05, 0) is 37.1 Å². The molecule has 1 aromatic heterocycles. The van der Waals surface area contributed by atoms with Crippen LogP contribution in [-0.4, -0.2) is 84.3 Å². The Morgan fingerprint density at radius 1 is 0.973 bits per heavy atom. The molecule has 194 valence electrons. The molecule has 37 heavy (non-hydrogen) atoms. The van der Waals surface area contributed by atoms with E-state index in [1.165, 1.54) is 12.1 Å². The quantitative estimate of drug-likeness (QED) is 0.592. The summed E-state index contributed by atoms with van der Waals surface area (Å²) in [7, 11) is -4.08. The summed E-state index contributed by atoms with van der Waals surface area (Å²) >= 11 is 0. The van der Waals surface area contributed by atoms with E-state index >= 15 is 0 Å². The lowest BCUT2D eigenvalue weighted by molar-refractivity contribution is -0.136. The normalized spacial score (nSPS) is 21.3. The molecular weight excluding hydrogens is 492 g/mol. The van der Waals surface area contributed by atoms with Crippen molar-refractivity contribution in [2.45, 2.75) is 49.1 Å². The Morgan fingerprint density at radius 3 is 2.35 bits per heavy atom. The van der Waals surface area contributed by atoms with Crippen LogP contribution in [0.15, 0.2) is 53.6 Å². The van der Waals surface area contributed by atoms with Crippen LogP contribution in [0.3, 0.4) is 0 Å². The van der Waals surface area contributed by atoms with Crippen molar-refractivity contribution in [3.63, 3.8) is 0 Å². The summed E-state index contributed by atoms with van der Waals surface area (Å²) in [4.78, 5) is 37.0. The highest BCUT2D eigenvalue weighted by Gasteiger charge is 2.50. The predicted molar refractivity (Wildman–Crippen MR) is 136 cm³/mol. The molecule has 1 saturated carbocycles. The monoisotopic (exact) mass is 522 g/mol. The summed E-state index contributed by atoms with van der Waals surface area (Å²) in [6.45, 7) is 1.59. The molecule has 1 aromatic carbocycles. The highest BCUT2D eigenvalue weighted by Crippen LogP contribution is 2.33. The van der Waals surface area contributed by atoms with Gasteiger partial charge in [-0.15, -0.1) is 0 Å². The average Bonchev–Trinajstić information content (AvgIpc) is 3.31. The third-order valence-electron chi connectivity index (χ3n) is 7.49. The van der Waals surface area contributed by atoms with Gasteiger partial charge in [-0.25, -0.2) is 22.5 Å². The number of nitrogens with zero attached hydrogens (tertiary/aromatic N) is 6. The molecule has 0 radical (unpaired) electrons. The van der Waals surface area contributed by atoms with Crippen LogP contribution in [0.2, 0.25) is 0 Å². The largest absolute Gasteiger partial charge is 0.352 e. The number of hydrogen-bond donors (Lipinski definition) is 0. The molecule has 3 aliphatic rings. The first kappa shape index (κ1) is 25.0. The van der Waals surface area contributed by atoms with Crippen molar-refractivity contribution in [2.75, 3.05) is 37.6 Å². The van der Waals surface area contributed by atoms with Crippen LogP contribution in [0.4, 0.5) is 10.6 Å². The van der Waals surface area contributed by atoms with Crippen molar-refractivity contribution < 1.29 is 18.0 Å². The number of sulfonamides is 1. The van der Waals surface area contributed by atoms with Crippen LogP contribution in [0.1, 0.15) is 37.7 Å². The van der Waals surface area contributed by atoms with Gasteiger partial charge in [-0.2, -0.15) is 5.26 Å². The molecule has 10 nitrogen and oxygen atoms in total. The van der Waals surface area contributed by atoms with Gasteiger partial charge >= 0.3 is 6.03 Å². The van der Waals surface area contributed by atoms with E-state index in [9.17, 15) is 23.3 Å². The summed E-state index contributed by atoms with van der Waals surface area (Å²) < 4.78 is 27.7. The molecule has 1 unspecified atom stereocenters. The number of anilines is 1. The van der Waals surface area contributed by atoms with E-state index in [0.717, 1.165) is 36.4 Å². The molecule has 0 spiro atoms. The van der Waals surface area contributed by atoms with Gasteiger partial charge in [0, 0.05) is 38.4 Å². The van der Waals surface area contributed by atoms with Crippen LogP contribution in [0.5, 0.6) is 0 Å².